The molecule has 0 unspecified atom stereocenters. The van der Waals surface area contributed by atoms with Crippen LogP contribution in [0.2, 0.25) is 0 Å². The van der Waals surface area contributed by atoms with Crippen LogP contribution in [-0.2, 0) is 0 Å². The van der Waals surface area contributed by atoms with Crippen molar-refractivity contribution in [3.63, 3.8) is 0 Å². The Balaban J connectivity index is 1.88. The van der Waals surface area contributed by atoms with Gasteiger partial charge >= 0.3 is 6.01 Å². The normalized spacial score (nSPS) is 11.0. The maximum atomic E-state index is 12.7. The van der Waals surface area contributed by atoms with Gasteiger partial charge in [-0.25, -0.2) is 0 Å². The Bertz CT molecular complexity index is 871. The number of aromatic nitrogens is 3. The van der Waals surface area contributed by atoms with Gasteiger partial charge in [-0.15, -0.1) is 5.10 Å². The third kappa shape index (κ3) is 4.45. The number of carbonyl (C=O) groups excluding carboxylic acids is 1. The zero-order valence-electron chi connectivity index (χ0n) is 14.7. The van der Waals surface area contributed by atoms with Crippen LogP contribution in [0.1, 0.15) is 30.1 Å². The zero-order chi connectivity index (χ0) is 18.2. The molecule has 0 bridgehead atoms. The van der Waals surface area contributed by atoms with E-state index in [9.17, 15) is 4.79 Å². The number of carbonyl (C=O) groups is 1. The van der Waals surface area contributed by atoms with Crippen molar-refractivity contribution in [1.29, 1.82) is 0 Å². The fourth-order valence-electron chi connectivity index (χ4n) is 2.39. The Kier molecular flexibility index (Phi) is 5.93. The van der Waals surface area contributed by atoms with E-state index in [0.717, 1.165) is 24.0 Å². The lowest BCUT2D eigenvalue weighted by Crippen LogP contribution is -2.11. The minimum Gasteiger partial charge on any atom is -0.462 e. The van der Waals surface area contributed by atoms with Crippen molar-refractivity contribution in [3.8, 4) is 17.4 Å². The number of unbranched alkanes of at least 4 members (excludes halogenated alkanes) is 1. The molecule has 0 saturated carbocycles. The molecule has 0 saturated heterocycles. The highest BCUT2D eigenvalue weighted by Crippen LogP contribution is 2.20. The number of nitrogens with zero attached hydrogens (tertiary/aromatic N) is 3. The Morgan fingerprint density at radius 2 is 1.77 bits per heavy atom. The standard InChI is InChI=1S/C21H21N3O2/c1-2-3-16-26-21-22-20(18-12-8-5-9-13-18)24(23-21)19(25)15-14-17-10-6-4-7-11-17/h4-15H,2-3,16H2,1H3/b15-14+. The molecule has 0 aliphatic heterocycles. The largest absolute Gasteiger partial charge is 0.462 e. The summed E-state index contributed by atoms with van der Waals surface area (Å²) in [7, 11) is 0. The van der Waals surface area contributed by atoms with Crippen molar-refractivity contribution < 1.29 is 9.53 Å². The van der Waals surface area contributed by atoms with E-state index >= 15 is 0 Å². The van der Waals surface area contributed by atoms with Gasteiger partial charge in [-0.2, -0.15) is 9.67 Å². The molecule has 0 amide bonds. The summed E-state index contributed by atoms with van der Waals surface area (Å²) in [5.41, 5.74) is 1.76. The summed E-state index contributed by atoms with van der Waals surface area (Å²) >= 11 is 0. The molecule has 2 aromatic carbocycles. The Hall–Kier alpha value is -3.21. The third-order valence-corrected chi connectivity index (χ3v) is 3.78. The zero-order valence-corrected chi connectivity index (χ0v) is 14.7. The average Bonchev–Trinajstić information content (AvgIpc) is 3.12. The van der Waals surface area contributed by atoms with Gasteiger partial charge in [0.2, 0.25) is 0 Å². The van der Waals surface area contributed by atoms with Crippen LogP contribution < -0.4 is 4.74 Å². The molecule has 26 heavy (non-hydrogen) atoms. The van der Waals surface area contributed by atoms with E-state index in [1.807, 2.05) is 60.7 Å². The SMILES string of the molecule is CCCCOc1nc(-c2ccccc2)n(C(=O)/C=C/c2ccccc2)n1. The first kappa shape index (κ1) is 17.6. The second-order valence-corrected chi connectivity index (χ2v) is 5.78. The Morgan fingerprint density at radius 1 is 1.08 bits per heavy atom. The van der Waals surface area contributed by atoms with Crippen molar-refractivity contribution in [1.82, 2.24) is 14.8 Å². The quantitative estimate of drug-likeness (QED) is 0.467. The summed E-state index contributed by atoms with van der Waals surface area (Å²) in [6, 6.07) is 19.4. The molecule has 1 aromatic heterocycles. The van der Waals surface area contributed by atoms with Crippen molar-refractivity contribution in [2.24, 2.45) is 0 Å². The molecule has 0 aliphatic carbocycles. The third-order valence-electron chi connectivity index (χ3n) is 3.78. The van der Waals surface area contributed by atoms with E-state index in [-0.39, 0.29) is 11.9 Å². The van der Waals surface area contributed by atoms with Gasteiger partial charge in [-0.3, -0.25) is 4.79 Å². The van der Waals surface area contributed by atoms with Crippen molar-refractivity contribution in [2.75, 3.05) is 6.61 Å². The molecule has 3 rings (SSSR count). The van der Waals surface area contributed by atoms with E-state index in [1.54, 1.807) is 6.08 Å². The van der Waals surface area contributed by atoms with Crippen LogP contribution in [0, 0.1) is 0 Å². The first-order chi connectivity index (χ1) is 12.8. The van der Waals surface area contributed by atoms with Crippen LogP contribution in [0.4, 0.5) is 0 Å². The first-order valence-electron chi connectivity index (χ1n) is 8.70. The van der Waals surface area contributed by atoms with Gasteiger partial charge in [0.1, 0.15) is 0 Å². The second-order valence-electron chi connectivity index (χ2n) is 5.78. The van der Waals surface area contributed by atoms with E-state index in [4.69, 9.17) is 4.74 Å². The van der Waals surface area contributed by atoms with Gasteiger partial charge in [0, 0.05) is 11.6 Å². The maximum absolute atomic E-state index is 12.7. The molecular formula is C21H21N3O2. The van der Waals surface area contributed by atoms with Crippen molar-refractivity contribution in [3.05, 3.63) is 72.3 Å². The molecule has 1 heterocycles. The predicted molar refractivity (Wildman–Crippen MR) is 102 cm³/mol. The van der Waals surface area contributed by atoms with Crippen molar-refractivity contribution >= 4 is 12.0 Å². The minimum atomic E-state index is -0.273. The summed E-state index contributed by atoms with van der Waals surface area (Å²) in [6.07, 6.45) is 5.19. The molecule has 0 fully saturated rings. The summed E-state index contributed by atoms with van der Waals surface area (Å²) in [5, 5.41) is 4.25. The second kappa shape index (κ2) is 8.76. The summed E-state index contributed by atoms with van der Waals surface area (Å²) in [4.78, 5) is 17.1. The van der Waals surface area contributed by atoms with Crippen LogP contribution >= 0.6 is 0 Å². The molecule has 5 heteroatoms. The highest BCUT2D eigenvalue weighted by Gasteiger charge is 2.16. The molecule has 0 N–H and O–H groups in total. The van der Waals surface area contributed by atoms with E-state index in [2.05, 4.69) is 17.0 Å². The van der Waals surface area contributed by atoms with Crippen LogP contribution in [-0.4, -0.2) is 27.3 Å². The van der Waals surface area contributed by atoms with Crippen LogP contribution in [0.15, 0.2) is 66.7 Å². The molecule has 0 atom stereocenters. The van der Waals surface area contributed by atoms with E-state index in [1.165, 1.54) is 10.8 Å². The molecule has 0 spiro atoms. The van der Waals surface area contributed by atoms with Crippen LogP contribution in [0.3, 0.4) is 0 Å². The number of rotatable bonds is 7. The monoisotopic (exact) mass is 347 g/mol. The first-order valence-corrected chi connectivity index (χ1v) is 8.70. The van der Waals surface area contributed by atoms with Gasteiger partial charge in [-0.05, 0) is 18.1 Å². The highest BCUT2D eigenvalue weighted by molar-refractivity contribution is 5.95. The summed E-state index contributed by atoms with van der Waals surface area (Å²) < 4.78 is 6.87. The smallest absolute Gasteiger partial charge is 0.336 e. The van der Waals surface area contributed by atoms with Crippen LogP contribution in [0.5, 0.6) is 6.01 Å². The number of ether oxygens (including phenoxy) is 1. The number of hydrogen-bond acceptors (Lipinski definition) is 4. The maximum Gasteiger partial charge on any atom is 0.336 e. The van der Waals surface area contributed by atoms with Crippen LogP contribution in [0.25, 0.3) is 17.5 Å². The lowest BCUT2D eigenvalue weighted by Gasteiger charge is -2.01. The molecular weight excluding hydrogens is 326 g/mol. The lowest BCUT2D eigenvalue weighted by atomic mass is 10.2. The van der Waals surface area contributed by atoms with Gasteiger partial charge in [0.15, 0.2) is 5.82 Å². The van der Waals surface area contributed by atoms with Gasteiger partial charge < -0.3 is 4.74 Å². The molecule has 3 aromatic rings. The predicted octanol–water partition coefficient (Wildman–Crippen LogP) is 4.48. The highest BCUT2D eigenvalue weighted by atomic mass is 16.5. The number of hydrogen-bond donors (Lipinski definition) is 0. The molecule has 0 radical (unpaired) electrons. The fourth-order valence-corrected chi connectivity index (χ4v) is 2.39. The van der Waals surface area contributed by atoms with E-state index in [0.29, 0.717) is 12.4 Å². The lowest BCUT2D eigenvalue weighted by molar-refractivity contribution is 0.0954. The van der Waals surface area contributed by atoms with Gasteiger partial charge in [0.25, 0.3) is 5.91 Å². The minimum absolute atomic E-state index is 0.221. The van der Waals surface area contributed by atoms with Gasteiger partial charge in [-0.1, -0.05) is 74.0 Å². The average molecular weight is 347 g/mol. The summed E-state index contributed by atoms with van der Waals surface area (Å²) in [6.45, 7) is 2.62. The Morgan fingerprint density at radius 3 is 2.46 bits per heavy atom. The topological polar surface area (TPSA) is 57.0 Å². The number of allylic oxidation sites excluding steroid dienone is 1. The summed E-state index contributed by atoms with van der Waals surface area (Å²) in [5.74, 6) is 0.199. The molecule has 5 nitrogen and oxygen atoms in total. The van der Waals surface area contributed by atoms with Gasteiger partial charge in [0.05, 0.1) is 6.61 Å². The fraction of sp³-hybridized carbons (Fsp3) is 0.190. The molecule has 132 valence electrons. The Labute approximate surface area is 153 Å². The number of benzene rings is 2. The van der Waals surface area contributed by atoms with Crippen molar-refractivity contribution in [2.45, 2.75) is 19.8 Å². The molecule has 0 aliphatic rings. The van der Waals surface area contributed by atoms with E-state index < -0.39 is 0 Å².